The quantitative estimate of drug-likeness (QED) is 0.461. The van der Waals surface area contributed by atoms with Crippen LogP contribution in [-0.2, 0) is 24.1 Å². The number of hydrogen-bond donors (Lipinski definition) is 1. The molecule has 182 valence electrons. The van der Waals surface area contributed by atoms with Crippen LogP contribution < -0.4 is 9.47 Å². The molecule has 1 aliphatic heterocycles. The van der Waals surface area contributed by atoms with Crippen LogP contribution in [0.3, 0.4) is 0 Å². The van der Waals surface area contributed by atoms with Crippen molar-refractivity contribution in [3.8, 4) is 5.75 Å². The number of fused-ring (bicyclic) bond motifs is 2. The van der Waals surface area contributed by atoms with E-state index in [-0.39, 0.29) is 11.8 Å². The zero-order chi connectivity index (χ0) is 24.5. The van der Waals surface area contributed by atoms with Gasteiger partial charge in [-0.3, -0.25) is 15.0 Å². The molecule has 1 fully saturated rings. The Balaban J connectivity index is 1.42. The van der Waals surface area contributed by atoms with Crippen LogP contribution in [0.4, 0.5) is 0 Å². The van der Waals surface area contributed by atoms with Gasteiger partial charge in [-0.15, -0.1) is 0 Å². The largest absolute Gasteiger partial charge is 0.496 e. The van der Waals surface area contributed by atoms with Gasteiger partial charge in [0, 0.05) is 47.6 Å². The van der Waals surface area contributed by atoms with E-state index in [1.165, 1.54) is 33.5 Å². The summed E-state index contributed by atoms with van der Waals surface area (Å²) in [4.78, 5) is 20.0. The number of carbonyl (C=O) groups is 1. The van der Waals surface area contributed by atoms with Crippen molar-refractivity contribution < 1.29 is 19.5 Å². The van der Waals surface area contributed by atoms with Gasteiger partial charge in [0.05, 0.1) is 19.2 Å². The minimum absolute atomic E-state index is 0.141. The van der Waals surface area contributed by atoms with Crippen molar-refractivity contribution in [2.24, 2.45) is 5.92 Å². The Labute approximate surface area is 207 Å². The number of piperidine rings is 1. The zero-order valence-electron chi connectivity index (χ0n) is 20.8. The molecule has 2 aliphatic rings. The van der Waals surface area contributed by atoms with Crippen LogP contribution in [0.25, 0.3) is 0 Å². The maximum Gasteiger partial charge on any atom is 0.226 e. The molecule has 0 bridgehead atoms. The van der Waals surface area contributed by atoms with Crippen molar-refractivity contribution in [3.05, 3.63) is 88.0 Å². The van der Waals surface area contributed by atoms with E-state index in [1.807, 2.05) is 11.1 Å². The number of likely N-dealkylation sites (tertiary alicyclic amines) is 1. The molecule has 6 nitrogen and oxygen atoms in total. The van der Waals surface area contributed by atoms with Gasteiger partial charge in [0.1, 0.15) is 5.75 Å². The molecule has 1 N–H and O–H groups in total. The molecule has 6 heteroatoms. The molecule has 1 aromatic carbocycles. The molecule has 35 heavy (non-hydrogen) atoms. The maximum absolute atomic E-state index is 13.0. The van der Waals surface area contributed by atoms with Crippen LogP contribution in [-0.4, -0.2) is 41.2 Å². The third-order valence-corrected chi connectivity index (χ3v) is 7.60. The van der Waals surface area contributed by atoms with Gasteiger partial charge in [0.15, 0.2) is 0 Å². The molecule has 0 spiro atoms. The normalized spacial score (nSPS) is 17.9. The number of nitrogens with zero attached hydrogens (tertiary/aromatic N) is 3. The van der Waals surface area contributed by atoms with Crippen LogP contribution in [0.15, 0.2) is 48.9 Å². The van der Waals surface area contributed by atoms with Gasteiger partial charge in [-0.25, -0.2) is 0 Å². The topological polar surface area (TPSA) is 66.5 Å². The average molecular weight is 473 g/mol. The van der Waals surface area contributed by atoms with Crippen LogP contribution in [0, 0.1) is 19.8 Å². The Morgan fingerprint density at radius 1 is 1.09 bits per heavy atom. The summed E-state index contributed by atoms with van der Waals surface area (Å²) < 4.78 is 6.92. The summed E-state index contributed by atoms with van der Waals surface area (Å²) in [5, 5.41) is 9.43. The second-order valence-electron chi connectivity index (χ2n) is 10.1. The van der Waals surface area contributed by atoms with E-state index in [4.69, 9.17) is 9.72 Å². The summed E-state index contributed by atoms with van der Waals surface area (Å²) in [5.41, 5.74) is 8.52. The van der Waals surface area contributed by atoms with Crippen LogP contribution in [0.1, 0.15) is 57.8 Å². The van der Waals surface area contributed by atoms with E-state index in [0.717, 1.165) is 54.8 Å². The number of hydrogen-bond acceptors (Lipinski definition) is 4. The Morgan fingerprint density at radius 2 is 1.77 bits per heavy atom. The number of amides is 1. The third kappa shape index (κ3) is 4.75. The summed E-state index contributed by atoms with van der Waals surface area (Å²) in [6, 6.07) is 10.3. The molecule has 1 amide bonds. The first kappa shape index (κ1) is 23.3. The van der Waals surface area contributed by atoms with Crippen LogP contribution >= 0.6 is 0 Å². The Kier molecular flexibility index (Phi) is 6.46. The molecule has 1 unspecified atom stereocenters. The molecule has 0 saturated carbocycles. The molecule has 3 heterocycles. The van der Waals surface area contributed by atoms with E-state index < -0.39 is 0 Å². The SMILES string of the molecule is COc1cc(C)cc2c1C(C1CCN(C(=O)Cc3cc[n+](O)cc3)CC1)c1ncc(C)cc1CC2. The molecule has 5 rings (SSSR count). The number of methoxy groups -OCH3 is 1. The second kappa shape index (κ2) is 9.68. The highest BCUT2D eigenvalue weighted by Gasteiger charge is 2.36. The molecule has 1 saturated heterocycles. The number of aryl methyl sites for hydroxylation is 4. The predicted molar refractivity (Wildman–Crippen MR) is 133 cm³/mol. The average Bonchev–Trinajstić information content (AvgIpc) is 3.01. The Hall–Kier alpha value is -3.41. The highest BCUT2D eigenvalue weighted by atomic mass is 16.5. The Bertz CT molecular complexity index is 1230. The molecule has 1 aliphatic carbocycles. The minimum atomic E-state index is 0.141. The lowest BCUT2D eigenvalue weighted by Crippen LogP contribution is -2.41. The van der Waals surface area contributed by atoms with Gasteiger partial charge in [-0.1, -0.05) is 12.1 Å². The van der Waals surface area contributed by atoms with Crippen molar-refractivity contribution >= 4 is 5.91 Å². The standard InChI is InChI=1S/C29H34N3O3/c1-19-14-23-4-5-24-15-20(2)18-30-29(24)28(27(23)25(16-19)35-3)22-8-10-31(11-9-22)26(33)17-21-6-12-32(34)13-7-21/h6-7,12-16,18,22,28,34H,4-5,8-11,17H2,1-3H3/q+1. The van der Waals surface area contributed by atoms with E-state index >= 15 is 0 Å². The van der Waals surface area contributed by atoms with Crippen LogP contribution in [0.2, 0.25) is 0 Å². The highest BCUT2D eigenvalue weighted by Crippen LogP contribution is 2.46. The minimum Gasteiger partial charge on any atom is -0.496 e. The fraction of sp³-hybridized carbons (Fsp3) is 0.414. The highest BCUT2D eigenvalue weighted by molar-refractivity contribution is 5.78. The van der Waals surface area contributed by atoms with Crippen molar-refractivity contribution in [3.63, 3.8) is 0 Å². The van der Waals surface area contributed by atoms with E-state index in [2.05, 4.69) is 32.0 Å². The van der Waals surface area contributed by atoms with Gasteiger partial charge in [0.2, 0.25) is 18.3 Å². The first-order valence-electron chi connectivity index (χ1n) is 12.5. The van der Waals surface area contributed by atoms with Crippen molar-refractivity contribution in [1.29, 1.82) is 0 Å². The van der Waals surface area contributed by atoms with Gasteiger partial charge >= 0.3 is 0 Å². The molecule has 1 atom stereocenters. The summed E-state index contributed by atoms with van der Waals surface area (Å²) in [7, 11) is 1.77. The van der Waals surface area contributed by atoms with Crippen molar-refractivity contribution in [2.45, 2.75) is 51.9 Å². The number of ether oxygens (including phenoxy) is 1. The van der Waals surface area contributed by atoms with Gasteiger partial charge < -0.3 is 9.64 Å². The van der Waals surface area contributed by atoms with Gasteiger partial charge in [-0.05, 0) is 79.3 Å². The second-order valence-corrected chi connectivity index (χ2v) is 10.1. The zero-order valence-corrected chi connectivity index (χ0v) is 20.8. The Morgan fingerprint density at radius 3 is 2.49 bits per heavy atom. The first-order chi connectivity index (χ1) is 16.9. The van der Waals surface area contributed by atoms with Gasteiger partial charge in [-0.2, -0.15) is 0 Å². The fourth-order valence-electron chi connectivity index (χ4n) is 5.89. The lowest BCUT2D eigenvalue weighted by molar-refractivity contribution is -0.904. The van der Waals surface area contributed by atoms with E-state index in [0.29, 0.717) is 12.3 Å². The van der Waals surface area contributed by atoms with Crippen molar-refractivity contribution in [1.82, 2.24) is 9.88 Å². The van der Waals surface area contributed by atoms with Crippen molar-refractivity contribution in [2.75, 3.05) is 20.2 Å². The molecule has 0 radical (unpaired) electrons. The molecule has 3 aromatic rings. The monoisotopic (exact) mass is 472 g/mol. The summed E-state index contributed by atoms with van der Waals surface area (Å²) in [6.45, 7) is 5.74. The lowest BCUT2D eigenvalue weighted by atomic mass is 9.75. The van der Waals surface area contributed by atoms with Gasteiger partial charge in [0.25, 0.3) is 0 Å². The van der Waals surface area contributed by atoms with E-state index in [9.17, 15) is 10.0 Å². The smallest absolute Gasteiger partial charge is 0.226 e. The molecular weight excluding hydrogens is 438 g/mol. The summed E-state index contributed by atoms with van der Waals surface area (Å²) in [6.07, 6.45) is 9.31. The number of carbonyl (C=O) groups excluding carboxylic acids is 1. The molecule has 2 aromatic heterocycles. The van der Waals surface area contributed by atoms with Crippen LogP contribution in [0.5, 0.6) is 5.75 Å². The maximum atomic E-state index is 13.0. The number of pyridine rings is 2. The lowest BCUT2D eigenvalue weighted by Gasteiger charge is -2.37. The predicted octanol–water partition coefficient (Wildman–Crippen LogP) is 3.94. The van der Waals surface area contributed by atoms with E-state index in [1.54, 1.807) is 31.6 Å². The summed E-state index contributed by atoms with van der Waals surface area (Å²) in [5.74, 6) is 1.67. The third-order valence-electron chi connectivity index (χ3n) is 7.60. The number of rotatable bonds is 4. The number of aromatic nitrogens is 2. The number of benzene rings is 1. The first-order valence-corrected chi connectivity index (χ1v) is 12.5. The fourth-order valence-corrected chi connectivity index (χ4v) is 5.89. The molecular formula is C29H34N3O3+. The summed E-state index contributed by atoms with van der Waals surface area (Å²) >= 11 is 0.